The Kier molecular flexibility index (Phi) is 3.54. The highest BCUT2D eigenvalue weighted by atomic mass is 16.5. The summed E-state index contributed by atoms with van der Waals surface area (Å²) in [5.74, 6) is 0.830. The van der Waals surface area contributed by atoms with Gasteiger partial charge in [0, 0.05) is 12.5 Å². The molecule has 2 heterocycles. The first kappa shape index (κ1) is 13.6. The molecule has 3 rings (SSSR count). The lowest BCUT2D eigenvalue weighted by molar-refractivity contribution is -0.0949. The lowest BCUT2D eigenvalue weighted by Gasteiger charge is -2.40. The highest BCUT2D eigenvalue weighted by Gasteiger charge is 2.41. The van der Waals surface area contributed by atoms with Gasteiger partial charge in [-0.05, 0) is 12.8 Å². The molecule has 0 aromatic carbocycles. The van der Waals surface area contributed by atoms with Crippen molar-refractivity contribution in [2.75, 3.05) is 19.7 Å². The summed E-state index contributed by atoms with van der Waals surface area (Å²) in [5.41, 5.74) is 0.366. The number of rotatable bonds is 2. The number of carbonyl (C=O) groups is 1. The van der Waals surface area contributed by atoms with Gasteiger partial charge in [0.25, 0.3) is 5.91 Å². The van der Waals surface area contributed by atoms with Crippen LogP contribution in [-0.4, -0.2) is 41.1 Å². The molecule has 1 saturated heterocycles. The number of aromatic nitrogens is 1. The van der Waals surface area contributed by atoms with E-state index in [2.05, 4.69) is 4.98 Å². The molecule has 0 bridgehead atoms. The van der Waals surface area contributed by atoms with Crippen molar-refractivity contribution in [3.8, 4) is 0 Å². The highest BCUT2D eigenvalue weighted by molar-refractivity contribution is 5.93. The molecule has 20 heavy (non-hydrogen) atoms. The topological polar surface area (TPSA) is 55.6 Å². The molecule has 1 saturated carbocycles. The predicted octanol–water partition coefficient (Wildman–Crippen LogP) is 2.58. The van der Waals surface area contributed by atoms with Gasteiger partial charge in [-0.25, -0.2) is 4.98 Å². The number of oxazole rings is 1. The molecule has 1 aliphatic heterocycles. The second-order valence-electron chi connectivity index (χ2n) is 6.19. The minimum absolute atomic E-state index is 0.0166. The third-order valence-electron chi connectivity index (χ3n) is 4.37. The highest BCUT2D eigenvalue weighted by Crippen LogP contribution is 2.36. The number of carbonyl (C=O) groups excluding carboxylic acids is 1. The van der Waals surface area contributed by atoms with Crippen LogP contribution in [0.3, 0.4) is 0 Å². The number of ether oxygens (including phenoxy) is 1. The van der Waals surface area contributed by atoms with E-state index in [0.717, 1.165) is 12.8 Å². The van der Waals surface area contributed by atoms with Gasteiger partial charge in [-0.1, -0.05) is 26.7 Å². The molecule has 110 valence electrons. The third kappa shape index (κ3) is 2.35. The molecular formula is C15H22N2O3. The number of hydrogen-bond donors (Lipinski definition) is 0. The molecule has 1 amide bonds. The van der Waals surface area contributed by atoms with Crippen molar-refractivity contribution >= 4 is 5.91 Å². The molecule has 1 aliphatic carbocycles. The molecular weight excluding hydrogens is 256 g/mol. The fourth-order valence-electron chi connectivity index (χ4n) is 3.32. The monoisotopic (exact) mass is 278 g/mol. The van der Waals surface area contributed by atoms with Gasteiger partial charge in [0.1, 0.15) is 5.76 Å². The smallest absolute Gasteiger partial charge is 0.276 e. The van der Waals surface area contributed by atoms with Gasteiger partial charge in [0.15, 0.2) is 12.1 Å². The Bertz CT molecular complexity index is 489. The van der Waals surface area contributed by atoms with E-state index in [9.17, 15) is 4.79 Å². The fourth-order valence-corrected chi connectivity index (χ4v) is 3.32. The summed E-state index contributed by atoms with van der Waals surface area (Å²) >= 11 is 0. The first-order valence-electron chi connectivity index (χ1n) is 7.48. The Labute approximate surface area is 119 Å². The Morgan fingerprint density at radius 3 is 2.85 bits per heavy atom. The zero-order valence-electron chi connectivity index (χ0n) is 12.2. The number of hydrogen-bond acceptors (Lipinski definition) is 4. The van der Waals surface area contributed by atoms with Gasteiger partial charge in [0.2, 0.25) is 0 Å². The van der Waals surface area contributed by atoms with Gasteiger partial charge in [0.05, 0.1) is 18.8 Å². The van der Waals surface area contributed by atoms with Crippen molar-refractivity contribution in [1.29, 1.82) is 0 Å². The molecule has 2 fully saturated rings. The molecule has 1 spiro atoms. The lowest BCUT2D eigenvalue weighted by atomic mass is 9.99. The second kappa shape index (κ2) is 5.20. The predicted molar refractivity (Wildman–Crippen MR) is 73.6 cm³/mol. The number of amides is 1. The van der Waals surface area contributed by atoms with E-state index in [-0.39, 0.29) is 17.4 Å². The van der Waals surface area contributed by atoms with E-state index in [1.165, 1.54) is 19.2 Å². The maximum atomic E-state index is 12.7. The van der Waals surface area contributed by atoms with Crippen LogP contribution >= 0.6 is 0 Å². The van der Waals surface area contributed by atoms with Crippen molar-refractivity contribution in [3.63, 3.8) is 0 Å². The van der Waals surface area contributed by atoms with Crippen molar-refractivity contribution < 1.29 is 13.9 Å². The minimum atomic E-state index is -0.102. The van der Waals surface area contributed by atoms with Crippen molar-refractivity contribution in [2.24, 2.45) is 0 Å². The van der Waals surface area contributed by atoms with E-state index in [1.54, 1.807) is 0 Å². The summed E-state index contributed by atoms with van der Waals surface area (Å²) in [5, 5.41) is 0. The van der Waals surface area contributed by atoms with Gasteiger partial charge in [-0.15, -0.1) is 0 Å². The largest absolute Gasteiger partial charge is 0.447 e. The van der Waals surface area contributed by atoms with E-state index < -0.39 is 0 Å². The van der Waals surface area contributed by atoms with Gasteiger partial charge in [-0.2, -0.15) is 0 Å². The molecule has 0 N–H and O–H groups in total. The van der Waals surface area contributed by atoms with E-state index >= 15 is 0 Å². The molecule has 2 aliphatic rings. The lowest BCUT2D eigenvalue weighted by Crippen LogP contribution is -2.52. The zero-order valence-corrected chi connectivity index (χ0v) is 12.2. The van der Waals surface area contributed by atoms with Crippen LogP contribution in [0, 0.1) is 0 Å². The Morgan fingerprint density at radius 1 is 1.40 bits per heavy atom. The minimum Gasteiger partial charge on any atom is -0.447 e. The summed E-state index contributed by atoms with van der Waals surface area (Å²) < 4.78 is 11.3. The van der Waals surface area contributed by atoms with Gasteiger partial charge in [-0.3, -0.25) is 4.79 Å². The Hall–Kier alpha value is -1.36. The van der Waals surface area contributed by atoms with Crippen LogP contribution in [0.5, 0.6) is 0 Å². The Morgan fingerprint density at radius 2 is 2.15 bits per heavy atom. The average molecular weight is 278 g/mol. The first-order chi connectivity index (χ1) is 9.61. The molecule has 0 unspecified atom stereocenters. The van der Waals surface area contributed by atoms with E-state index in [1.807, 2.05) is 18.7 Å². The first-order valence-corrected chi connectivity index (χ1v) is 7.48. The zero-order chi connectivity index (χ0) is 14.2. The summed E-state index contributed by atoms with van der Waals surface area (Å²) in [4.78, 5) is 18.7. The molecule has 1 aromatic heterocycles. The maximum Gasteiger partial charge on any atom is 0.276 e. The fraction of sp³-hybridized carbons (Fsp3) is 0.733. The van der Waals surface area contributed by atoms with Crippen molar-refractivity contribution in [2.45, 2.75) is 51.0 Å². The van der Waals surface area contributed by atoms with Crippen LogP contribution in [-0.2, 0) is 4.74 Å². The van der Waals surface area contributed by atoms with Crippen LogP contribution in [0.15, 0.2) is 10.8 Å². The van der Waals surface area contributed by atoms with Crippen molar-refractivity contribution in [3.05, 3.63) is 17.8 Å². The molecule has 5 heteroatoms. The summed E-state index contributed by atoms with van der Waals surface area (Å²) in [7, 11) is 0. The Balaban J connectivity index is 1.78. The molecule has 1 aromatic rings. The summed E-state index contributed by atoms with van der Waals surface area (Å²) in [6.45, 7) is 5.98. The third-order valence-corrected chi connectivity index (χ3v) is 4.37. The van der Waals surface area contributed by atoms with Gasteiger partial charge < -0.3 is 14.1 Å². The van der Waals surface area contributed by atoms with Crippen molar-refractivity contribution in [1.82, 2.24) is 9.88 Å². The standard InChI is InChI=1S/C15H22N2O3/c1-11(2)13-12(16-10-19-13)14(18)17-7-8-20-15(9-17)5-3-4-6-15/h10-11H,3-9H2,1-2H3. The van der Waals surface area contributed by atoms with Gasteiger partial charge >= 0.3 is 0 Å². The number of morpholine rings is 1. The normalized spacial score (nSPS) is 21.9. The molecule has 5 nitrogen and oxygen atoms in total. The average Bonchev–Trinajstić information content (AvgIpc) is 3.07. The van der Waals surface area contributed by atoms with Crippen LogP contribution < -0.4 is 0 Å². The van der Waals surface area contributed by atoms with Crippen LogP contribution in [0.4, 0.5) is 0 Å². The van der Waals surface area contributed by atoms with E-state index in [4.69, 9.17) is 9.15 Å². The number of nitrogens with zero attached hydrogens (tertiary/aromatic N) is 2. The second-order valence-corrected chi connectivity index (χ2v) is 6.19. The van der Waals surface area contributed by atoms with Crippen LogP contribution in [0.1, 0.15) is 61.7 Å². The SMILES string of the molecule is CC(C)c1ocnc1C(=O)N1CCOC2(CCCC2)C1. The molecule has 0 radical (unpaired) electrons. The van der Waals surface area contributed by atoms with E-state index in [0.29, 0.717) is 31.2 Å². The quantitative estimate of drug-likeness (QED) is 0.834. The summed E-state index contributed by atoms with van der Waals surface area (Å²) in [6.07, 6.45) is 5.89. The summed E-state index contributed by atoms with van der Waals surface area (Å²) in [6, 6.07) is 0. The van der Waals surface area contributed by atoms with Crippen LogP contribution in [0.2, 0.25) is 0 Å². The maximum absolute atomic E-state index is 12.7. The van der Waals surface area contributed by atoms with Crippen LogP contribution in [0.25, 0.3) is 0 Å². The molecule has 0 atom stereocenters.